The van der Waals surface area contributed by atoms with Crippen LogP contribution in [-0.4, -0.2) is 23.9 Å². The lowest BCUT2D eigenvalue weighted by molar-refractivity contribution is -0.0625. The van der Waals surface area contributed by atoms with Gasteiger partial charge in [-0.25, -0.2) is 0 Å². The van der Waals surface area contributed by atoms with Gasteiger partial charge in [0.25, 0.3) is 0 Å². The van der Waals surface area contributed by atoms with E-state index in [1.807, 2.05) is 6.92 Å². The number of rotatable bonds is 0. The normalized spacial score (nSPS) is 31.8. The molecule has 1 heterocycles. The van der Waals surface area contributed by atoms with Crippen molar-refractivity contribution in [1.29, 1.82) is 0 Å². The van der Waals surface area contributed by atoms with Crippen molar-refractivity contribution in [2.45, 2.75) is 51.0 Å². The minimum Gasteiger partial charge on any atom is -0.390 e. The van der Waals surface area contributed by atoms with Crippen molar-refractivity contribution in [2.75, 3.05) is 13.2 Å². The molecule has 0 aromatic rings. The first kappa shape index (κ1) is 9.47. The van der Waals surface area contributed by atoms with Gasteiger partial charge in [-0.1, -0.05) is 0 Å². The Hall–Kier alpha value is -0.0800. The molecule has 1 aliphatic heterocycles. The van der Waals surface area contributed by atoms with Crippen LogP contribution in [0.15, 0.2) is 0 Å². The smallest absolute Gasteiger partial charge is 0.0620 e. The lowest BCUT2D eigenvalue weighted by Crippen LogP contribution is -2.39. The van der Waals surface area contributed by atoms with E-state index in [0.717, 1.165) is 26.1 Å². The van der Waals surface area contributed by atoms with Crippen LogP contribution in [0.4, 0.5) is 0 Å². The Bertz CT molecular complexity index is 169. The Morgan fingerprint density at radius 1 is 0.923 bits per heavy atom. The van der Waals surface area contributed by atoms with E-state index in [1.165, 1.54) is 25.7 Å². The van der Waals surface area contributed by atoms with Crippen molar-refractivity contribution in [3.05, 3.63) is 0 Å². The first-order valence-corrected chi connectivity index (χ1v) is 5.42. The van der Waals surface area contributed by atoms with Gasteiger partial charge in [0.2, 0.25) is 0 Å². The summed E-state index contributed by atoms with van der Waals surface area (Å²) in [6, 6.07) is 0. The van der Waals surface area contributed by atoms with E-state index < -0.39 is 0 Å². The van der Waals surface area contributed by atoms with Gasteiger partial charge < -0.3 is 9.84 Å². The Labute approximate surface area is 80.3 Å². The molecule has 0 aromatic heterocycles. The number of hydrogen-bond donors (Lipinski definition) is 1. The third kappa shape index (κ3) is 2.05. The van der Waals surface area contributed by atoms with Crippen LogP contribution in [0.5, 0.6) is 0 Å². The van der Waals surface area contributed by atoms with Crippen LogP contribution in [-0.2, 0) is 4.74 Å². The van der Waals surface area contributed by atoms with Gasteiger partial charge in [0.1, 0.15) is 0 Å². The predicted molar refractivity (Wildman–Crippen MR) is 51.6 cm³/mol. The van der Waals surface area contributed by atoms with E-state index in [4.69, 9.17) is 4.74 Å². The van der Waals surface area contributed by atoms with Crippen molar-refractivity contribution in [1.82, 2.24) is 0 Å². The highest BCUT2D eigenvalue weighted by Crippen LogP contribution is 2.46. The van der Waals surface area contributed by atoms with E-state index in [-0.39, 0.29) is 5.60 Å². The maximum absolute atomic E-state index is 9.86. The molecule has 1 N–H and O–H groups in total. The molecule has 1 spiro atoms. The zero-order valence-corrected chi connectivity index (χ0v) is 8.51. The minimum atomic E-state index is -0.385. The van der Waals surface area contributed by atoms with Gasteiger partial charge in [-0.2, -0.15) is 0 Å². The van der Waals surface area contributed by atoms with E-state index >= 15 is 0 Å². The van der Waals surface area contributed by atoms with Crippen LogP contribution in [0.3, 0.4) is 0 Å². The van der Waals surface area contributed by atoms with E-state index in [2.05, 4.69) is 0 Å². The van der Waals surface area contributed by atoms with Crippen molar-refractivity contribution in [2.24, 2.45) is 5.41 Å². The van der Waals surface area contributed by atoms with Crippen LogP contribution in [0.1, 0.15) is 45.4 Å². The predicted octanol–water partition coefficient (Wildman–Crippen LogP) is 2.11. The molecule has 2 nitrogen and oxygen atoms in total. The Kier molecular flexibility index (Phi) is 2.37. The zero-order chi connectivity index (χ0) is 9.36. The van der Waals surface area contributed by atoms with Crippen molar-refractivity contribution < 1.29 is 9.84 Å². The van der Waals surface area contributed by atoms with Crippen molar-refractivity contribution in [3.8, 4) is 0 Å². The van der Waals surface area contributed by atoms with Crippen LogP contribution in [0, 0.1) is 5.41 Å². The van der Waals surface area contributed by atoms with Crippen LogP contribution in [0.2, 0.25) is 0 Å². The third-order valence-electron chi connectivity index (χ3n) is 3.94. The largest absolute Gasteiger partial charge is 0.390 e. The number of ether oxygens (including phenoxy) is 1. The summed E-state index contributed by atoms with van der Waals surface area (Å²) in [5.74, 6) is 0. The highest BCUT2D eigenvalue weighted by Gasteiger charge is 2.40. The van der Waals surface area contributed by atoms with Crippen LogP contribution in [0.25, 0.3) is 0 Å². The molecule has 0 bridgehead atoms. The summed E-state index contributed by atoms with van der Waals surface area (Å²) in [5.41, 5.74) is 0.143. The van der Waals surface area contributed by atoms with E-state index in [9.17, 15) is 5.11 Å². The molecule has 0 aromatic carbocycles. The highest BCUT2D eigenvalue weighted by molar-refractivity contribution is 4.91. The summed E-state index contributed by atoms with van der Waals surface area (Å²) in [4.78, 5) is 0. The summed E-state index contributed by atoms with van der Waals surface area (Å²) in [6.45, 7) is 3.84. The molecule has 2 fully saturated rings. The average molecular weight is 184 g/mol. The molecule has 2 heteroatoms. The summed E-state index contributed by atoms with van der Waals surface area (Å²) in [6.07, 6.45) is 6.78. The number of aliphatic hydroxyl groups is 1. The second kappa shape index (κ2) is 3.25. The Balaban J connectivity index is 1.95. The fourth-order valence-electron chi connectivity index (χ4n) is 2.62. The molecule has 0 atom stereocenters. The fourth-order valence-corrected chi connectivity index (χ4v) is 2.62. The summed E-state index contributed by atoms with van der Waals surface area (Å²) in [5, 5.41) is 9.86. The molecule has 0 unspecified atom stereocenters. The maximum Gasteiger partial charge on any atom is 0.0620 e. The average Bonchev–Trinajstić information content (AvgIpc) is 2.13. The van der Waals surface area contributed by atoms with Gasteiger partial charge in [-0.15, -0.1) is 0 Å². The Morgan fingerprint density at radius 3 is 2.00 bits per heavy atom. The SMILES string of the molecule is CC1(O)CCC2(CCOCC2)CC1. The molecule has 0 amide bonds. The summed E-state index contributed by atoms with van der Waals surface area (Å²) < 4.78 is 5.39. The molecule has 2 rings (SSSR count). The molecule has 0 radical (unpaired) electrons. The second-order valence-corrected chi connectivity index (χ2v) is 5.11. The molecular weight excluding hydrogens is 164 g/mol. The van der Waals surface area contributed by atoms with Crippen molar-refractivity contribution in [3.63, 3.8) is 0 Å². The topological polar surface area (TPSA) is 29.5 Å². The first-order chi connectivity index (χ1) is 6.12. The first-order valence-electron chi connectivity index (χ1n) is 5.42. The summed E-state index contributed by atoms with van der Waals surface area (Å²) >= 11 is 0. The molecule has 13 heavy (non-hydrogen) atoms. The molecular formula is C11H20O2. The van der Waals surface area contributed by atoms with Crippen LogP contribution >= 0.6 is 0 Å². The van der Waals surface area contributed by atoms with Gasteiger partial charge in [-0.3, -0.25) is 0 Å². The van der Waals surface area contributed by atoms with Gasteiger partial charge >= 0.3 is 0 Å². The highest BCUT2D eigenvalue weighted by atomic mass is 16.5. The third-order valence-corrected chi connectivity index (χ3v) is 3.94. The quantitative estimate of drug-likeness (QED) is 0.624. The molecule has 1 saturated carbocycles. The van der Waals surface area contributed by atoms with Crippen molar-refractivity contribution >= 4 is 0 Å². The van der Waals surface area contributed by atoms with Gasteiger partial charge in [0.05, 0.1) is 5.60 Å². The lowest BCUT2D eigenvalue weighted by Gasteiger charge is -2.44. The molecule has 1 saturated heterocycles. The molecule has 2 aliphatic rings. The van der Waals surface area contributed by atoms with Gasteiger partial charge in [0, 0.05) is 13.2 Å². The summed E-state index contributed by atoms with van der Waals surface area (Å²) in [7, 11) is 0. The van der Waals surface area contributed by atoms with Gasteiger partial charge in [-0.05, 0) is 50.9 Å². The lowest BCUT2D eigenvalue weighted by atomic mass is 9.65. The second-order valence-electron chi connectivity index (χ2n) is 5.11. The maximum atomic E-state index is 9.86. The monoisotopic (exact) mass is 184 g/mol. The zero-order valence-electron chi connectivity index (χ0n) is 8.51. The Morgan fingerprint density at radius 2 is 1.46 bits per heavy atom. The van der Waals surface area contributed by atoms with E-state index in [0.29, 0.717) is 5.41 Å². The standard InChI is InChI=1S/C11H20O2/c1-10(12)2-4-11(5-3-10)6-8-13-9-7-11/h12H,2-9H2,1H3. The molecule has 1 aliphatic carbocycles. The number of hydrogen-bond acceptors (Lipinski definition) is 2. The van der Waals surface area contributed by atoms with Crippen LogP contribution < -0.4 is 0 Å². The van der Waals surface area contributed by atoms with Gasteiger partial charge in [0.15, 0.2) is 0 Å². The molecule has 76 valence electrons. The van der Waals surface area contributed by atoms with E-state index in [1.54, 1.807) is 0 Å². The minimum absolute atomic E-state index is 0.385. The fraction of sp³-hybridized carbons (Fsp3) is 1.00.